The normalized spacial score (nSPS) is 26.2. The number of halogens is 5. The number of alkyl halides is 5. The number of hydrogen-bond donors (Lipinski definition) is 2. The van der Waals surface area contributed by atoms with Gasteiger partial charge in [0.25, 0.3) is 0 Å². The predicted molar refractivity (Wildman–Crippen MR) is 144 cm³/mol. The molecule has 7 nitrogen and oxygen atoms in total. The first-order valence-electron chi connectivity index (χ1n) is 13.9. The summed E-state index contributed by atoms with van der Waals surface area (Å²) in [5.41, 5.74) is -1.03. The molecule has 1 unspecified atom stereocenters. The molecule has 2 heterocycles. The molecular weight excluding hydrogens is 561 g/mol. The van der Waals surface area contributed by atoms with Crippen LogP contribution in [0.25, 0.3) is 0 Å². The zero-order valence-electron chi connectivity index (χ0n) is 23.9. The van der Waals surface area contributed by atoms with Gasteiger partial charge in [-0.1, -0.05) is 51.1 Å². The van der Waals surface area contributed by atoms with Crippen LogP contribution in [0.4, 0.5) is 22.0 Å². The Morgan fingerprint density at radius 2 is 1.83 bits per heavy atom. The molecule has 1 saturated carbocycles. The molecule has 12 heteroatoms. The van der Waals surface area contributed by atoms with E-state index in [4.69, 9.17) is 4.74 Å². The Morgan fingerprint density at radius 3 is 2.38 bits per heavy atom. The summed E-state index contributed by atoms with van der Waals surface area (Å²) in [5.74, 6) is -6.83. The molecule has 0 spiro atoms. The molecule has 1 aliphatic heterocycles. The lowest BCUT2D eigenvalue weighted by molar-refractivity contribution is -0.157. The Labute approximate surface area is 241 Å². The fourth-order valence-corrected chi connectivity index (χ4v) is 6.51. The number of carboxylic acid groups (broad SMARTS) is 1. The summed E-state index contributed by atoms with van der Waals surface area (Å²) in [6, 6.07) is 6.52. The van der Waals surface area contributed by atoms with Gasteiger partial charge in [-0.25, -0.2) is 18.6 Å². The van der Waals surface area contributed by atoms with Gasteiger partial charge in [-0.15, -0.1) is 0 Å². The zero-order chi connectivity index (χ0) is 31.0. The van der Waals surface area contributed by atoms with Gasteiger partial charge in [-0.3, -0.25) is 4.79 Å². The van der Waals surface area contributed by atoms with Crippen LogP contribution in [0, 0.1) is 17.3 Å². The summed E-state index contributed by atoms with van der Waals surface area (Å²) >= 11 is 0. The highest BCUT2D eigenvalue weighted by Crippen LogP contribution is 2.50. The topological polar surface area (TPSA) is 91.8 Å². The number of methoxy groups -OCH3 is 1. The molecule has 2 aromatic rings. The molecule has 2 aliphatic rings. The molecule has 4 rings (SSSR count). The Bertz CT molecular complexity index is 1280. The van der Waals surface area contributed by atoms with Gasteiger partial charge in [0.2, 0.25) is 17.7 Å². The number of pyridine rings is 1. The predicted octanol–water partition coefficient (Wildman–Crippen LogP) is 6.09. The summed E-state index contributed by atoms with van der Waals surface area (Å²) in [7, 11) is 1.28. The largest absolute Gasteiger partial charge is 0.481 e. The highest BCUT2D eigenvalue weighted by molar-refractivity contribution is 5.87. The van der Waals surface area contributed by atoms with E-state index in [1.807, 2.05) is 20.8 Å². The van der Waals surface area contributed by atoms with Crippen LogP contribution in [-0.2, 0) is 22.3 Å². The standard InChI is InChI=1S/C30H36F5N3O4/c1-28(2,3)21-22(36-15-19-13-20(30(33,34)35)16-37-25(19)42-4)23(17-9-6-5-7-10-17)38(24(21)27(40)41)26(39)18-11-8-12-29(31,32)14-18/h5-7,9-10,13,16,18,21-24,36H,8,11-12,14-15H2,1-4H3,(H,40,41)/t18?,21-,22-,23-,24-/m0/s1. The van der Waals surface area contributed by atoms with Gasteiger partial charge in [0.1, 0.15) is 6.04 Å². The monoisotopic (exact) mass is 597 g/mol. The molecule has 1 aliphatic carbocycles. The van der Waals surface area contributed by atoms with Crippen molar-refractivity contribution in [3.8, 4) is 5.88 Å². The number of likely N-dealkylation sites (tertiary alicyclic amines) is 1. The number of aliphatic carboxylic acids is 1. The molecule has 2 fully saturated rings. The van der Waals surface area contributed by atoms with E-state index in [1.165, 1.54) is 12.0 Å². The van der Waals surface area contributed by atoms with E-state index in [2.05, 4.69) is 10.3 Å². The van der Waals surface area contributed by atoms with Crippen molar-refractivity contribution in [3.63, 3.8) is 0 Å². The maximum absolute atomic E-state index is 14.4. The van der Waals surface area contributed by atoms with E-state index in [-0.39, 0.29) is 37.3 Å². The number of carboxylic acids is 1. The van der Waals surface area contributed by atoms with Crippen LogP contribution < -0.4 is 10.1 Å². The summed E-state index contributed by atoms with van der Waals surface area (Å²) in [6.45, 7) is 5.27. The van der Waals surface area contributed by atoms with Crippen molar-refractivity contribution in [2.75, 3.05) is 7.11 Å². The maximum atomic E-state index is 14.4. The molecule has 1 aromatic heterocycles. The van der Waals surface area contributed by atoms with Crippen LogP contribution in [0.5, 0.6) is 5.88 Å². The number of benzene rings is 1. The minimum absolute atomic E-state index is 0.0378. The fraction of sp³-hybridized carbons (Fsp3) is 0.567. The zero-order valence-corrected chi connectivity index (χ0v) is 23.9. The first-order chi connectivity index (χ1) is 19.5. The first-order valence-corrected chi connectivity index (χ1v) is 13.9. The first kappa shape index (κ1) is 31.7. The summed E-state index contributed by atoms with van der Waals surface area (Å²) in [5, 5.41) is 13.8. The molecule has 42 heavy (non-hydrogen) atoms. The number of carbonyl (C=O) groups is 2. The average Bonchev–Trinajstić information content (AvgIpc) is 3.26. The van der Waals surface area contributed by atoms with Crippen LogP contribution in [0.2, 0.25) is 0 Å². The summed E-state index contributed by atoms with van der Waals surface area (Å²) in [6.07, 6.45) is -4.63. The SMILES string of the molecule is COc1ncc(C(F)(F)F)cc1CN[C@H]1[C@H](C(C)(C)C)[C@@H](C(=O)O)N(C(=O)C2CCCC(F)(F)C2)[C@H]1c1ccccc1. The van der Waals surface area contributed by atoms with E-state index in [0.29, 0.717) is 11.8 Å². The van der Waals surface area contributed by atoms with E-state index >= 15 is 0 Å². The summed E-state index contributed by atoms with van der Waals surface area (Å²) < 4.78 is 74.5. The third kappa shape index (κ3) is 6.53. The average molecular weight is 598 g/mol. The van der Waals surface area contributed by atoms with Crippen molar-refractivity contribution in [1.82, 2.24) is 15.2 Å². The third-order valence-electron chi connectivity index (χ3n) is 8.28. The second-order valence-corrected chi connectivity index (χ2v) is 12.2. The molecule has 230 valence electrons. The highest BCUT2D eigenvalue weighted by atomic mass is 19.4. The molecule has 2 N–H and O–H groups in total. The Kier molecular flexibility index (Phi) is 8.87. The number of ether oxygens (including phenoxy) is 1. The van der Waals surface area contributed by atoms with Crippen LogP contribution in [0.15, 0.2) is 42.6 Å². The van der Waals surface area contributed by atoms with E-state index < -0.39 is 71.3 Å². The molecular formula is C30H36F5N3O4. The van der Waals surface area contributed by atoms with Crippen LogP contribution in [-0.4, -0.2) is 52.0 Å². The number of hydrogen-bond acceptors (Lipinski definition) is 5. The maximum Gasteiger partial charge on any atom is 0.417 e. The third-order valence-corrected chi connectivity index (χ3v) is 8.28. The van der Waals surface area contributed by atoms with Gasteiger partial charge in [-0.2, -0.15) is 13.2 Å². The van der Waals surface area contributed by atoms with Crippen molar-refractivity contribution in [3.05, 3.63) is 59.3 Å². The Balaban J connectivity index is 1.82. The molecule has 1 aromatic carbocycles. The van der Waals surface area contributed by atoms with Crippen molar-refractivity contribution in [1.29, 1.82) is 0 Å². The van der Waals surface area contributed by atoms with Gasteiger partial charge < -0.3 is 20.1 Å². The number of carbonyl (C=O) groups excluding carboxylic acids is 1. The molecule has 1 amide bonds. The number of aromatic nitrogens is 1. The number of nitrogens with zero attached hydrogens (tertiary/aromatic N) is 2. The number of rotatable bonds is 7. The lowest BCUT2D eigenvalue weighted by Crippen LogP contribution is -2.50. The van der Waals surface area contributed by atoms with Crippen LogP contribution in [0.1, 0.15) is 69.2 Å². The fourth-order valence-electron chi connectivity index (χ4n) is 6.51. The Morgan fingerprint density at radius 1 is 1.17 bits per heavy atom. The van der Waals surface area contributed by atoms with E-state index in [1.54, 1.807) is 30.3 Å². The second-order valence-electron chi connectivity index (χ2n) is 12.2. The quantitative estimate of drug-likeness (QED) is 0.376. The lowest BCUT2D eigenvalue weighted by atomic mass is 9.72. The number of nitrogens with one attached hydrogen (secondary N) is 1. The van der Waals surface area contributed by atoms with Gasteiger partial charge in [-0.05, 0) is 29.9 Å². The van der Waals surface area contributed by atoms with Crippen molar-refractivity contribution in [2.24, 2.45) is 17.3 Å². The van der Waals surface area contributed by atoms with Gasteiger partial charge in [0.05, 0.1) is 18.7 Å². The van der Waals surface area contributed by atoms with Crippen molar-refractivity contribution >= 4 is 11.9 Å². The molecule has 0 bridgehead atoms. The Hall–Kier alpha value is -3.28. The van der Waals surface area contributed by atoms with Gasteiger partial charge in [0.15, 0.2) is 0 Å². The molecule has 5 atom stereocenters. The minimum atomic E-state index is -4.65. The summed E-state index contributed by atoms with van der Waals surface area (Å²) in [4.78, 5) is 32.0. The van der Waals surface area contributed by atoms with Gasteiger partial charge >= 0.3 is 12.1 Å². The van der Waals surface area contributed by atoms with Gasteiger partial charge in [0, 0.05) is 49.0 Å². The smallest absolute Gasteiger partial charge is 0.417 e. The van der Waals surface area contributed by atoms with Crippen LogP contribution in [0.3, 0.4) is 0 Å². The number of amides is 1. The lowest BCUT2D eigenvalue weighted by Gasteiger charge is -2.37. The molecule has 0 radical (unpaired) electrons. The van der Waals surface area contributed by atoms with Crippen LogP contribution >= 0.6 is 0 Å². The highest BCUT2D eigenvalue weighted by Gasteiger charge is 2.59. The van der Waals surface area contributed by atoms with Crippen molar-refractivity contribution < 1.29 is 41.4 Å². The molecule has 1 saturated heterocycles. The van der Waals surface area contributed by atoms with Crippen molar-refractivity contribution in [2.45, 2.75) is 83.2 Å². The second kappa shape index (κ2) is 11.8. The van der Waals surface area contributed by atoms with E-state index in [0.717, 1.165) is 6.07 Å². The minimum Gasteiger partial charge on any atom is -0.481 e. The van der Waals surface area contributed by atoms with E-state index in [9.17, 15) is 36.6 Å².